The molecule has 0 aromatic carbocycles. The van der Waals surface area contributed by atoms with Gasteiger partial charge < -0.3 is 31.4 Å². The van der Waals surface area contributed by atoms with Gasteiger partial charge in [-0.25, -0.2) is 15.0 Å². The van der Waals surface area contributed by atoms with E-state index in [9.17, 15) is 4.79 Å². The highest BCUT2D eigenvalue weighted by atomic mass is 16.5. The van der Waals surface area contributed by atoms with Crippen molar-refractivity contribution in [1.82, 2.24) is 24.5 Å². The van der Waals surface area contributed by atoms with Crippen LogP contribution in [0.4, 0.5) is 11.6 Å². The molecular weight excluding hydrogens is 424 g/mol. The molecule has 1 aliphatic rings. The Morgan fingerprint density at radius 3 is 2.76 bits per heavy atom. The molecule has 3 aromatic heterocycles. The fourth-order valence-electron chi connectivity index (χ4n) is 3.55. The summed E-state index contributed by atoms with van der Waals surface area (Å²) < 4.78 is 7.20. The first-order chi connectivity index (χ1) is 16.0. The molecule has 0 spiro atoms. The molecule has 0 radical (unpaired) electrons. The molecule has 0 atom stereocenters. The molecule has 0 saturated carbocycles. The second-order valence-electron chi connectivity index (χ2n) is 7.51. The van der Waals surface area contributed by atoms with Gasteiger partial charge in [-0.1, -0.05) is 0 Å². The van der Waals surface area contributed by atoms with Crippen LogP contribution in [0.2, 0.25) is 0 Å². The molecular formula is C21H26N10O2. The molecule has 0 unspecified atom stereocenters. The zero-order valence-corrected chi connectivity index (χ0v) is 18.4. The first kappa shape index (κ1) is 22.1. The van der Waals surface area contributed by atoms with Crippen molar-refractivity contribution < 1.29 is 9.53 Å². The largest absolute Gasteiger partial charge is 0.403 e. The van der Waals surface area contributed by atoms with Crippen LogP contribution in [0, 0.1) is 0 Å². The number of nitrogens with one attached hydrogen (secondary N) is 2. The van der Waals surface area contributed by atoms with Gasteiger partial charge in [-0.3, -0.25) is 14.8 Å². The summed E-state index contributed by atoms with van der Waals surface area (Å²) >= 11 is 0. The lowest BCUT2D eigenvalue weighted by Gasteiger charge is -2.18. The number of hydrogen-bond acceptors (Lipinski definition) is 10. The van der Waals surface area contributed by atoms with Crippen molar-refractivity contribution in [1.29, 1.82) is 0 Å². The lowest BCUT2D eigenvalue weighted by molar-refractivity contribution is 0.0872. The predicted octanol–water partition coefficient (Wildman–Crippen LogP) is 1.03. The van der Waals surface area contributed by atoms with Crippen LogP contribution in [0.15, 0.2) is 35.6 Å². The average molecular weight is 451 g/mol. The van der Waals surface area contributed by atoms with Gasteiger partial charge in [0.25, 0.3) is 5.91 Å². The minimum Gasteiger partial charge on any atom is -0.403 e. The number of primary amides is 1. The van der Waals surface area contributed by atoms with Gasteiger partial charge in [0.05, 0.1) is 35.3 Å². The minimum absolute atomic E-state index is 0.0456. The number of allylic oxidation sites excluding steroid dienone is 1. The van der Waals surface area contributed by atoms with E-state index >= 15 is 0 Å². The maximum Gasteiger partial charge on any atom is 0.271 e. The van der Waals surface area contributed by atoms with Gasteiger partial charge in [0.15, 0.2) is 17.3 Å². The standard InChI is InChI=1S/C21H26N10O2/c1-24-20-17(14-9-25-10-15-16(14)27-11-31(15)2)29-18(19(23)32)21(30-20)28-13(7-22)8-26-12-3-5-33-6-4-12/h7-12H,3-6,22H2,1-2H3,(H2,23,32)(H2,24,28,30). The fraction of sp³-hybridized carbons (Fsp3) is 0.333. The quantitative estimate of drug-likeness (QED) is 0.384. The number of aliphatic imine (C=N–C) groups is 1. The van der Waals surface area contributed by atoms with Crippen molar-refractivity contribution in [3.8, 4) is 11.3 Å². The van der Waals surface area contributed by atoms with Crippen LogP contribution >= 0.6 is 0 Å². The third-order valence-electron chi connectivity index (χ3n) is 5.32. The first-order valence-electron chi connectivity index (χ1n) is 10.5. The Balaban J connectivity index is 1.72. The second kappa shape index (κ2) is 9.61. The number of nitrogens with two attached hydrogens (primary N) is 2. The van der Waals surface area contributed by atoms with Crippen molar-refractivity contribution >= 4 is 34.8 Å². The van der Waals surface area contributed by atoms with Gasteiger partial charge in [-0.15, -0.1) is 0 Å². The van der Waals surface area contributed by atoms with Gasteiger partial charge in [0.1, 0.15) is 11.2 Å². The molecule has 4 rings (SSSR count). The molecule has 33 heavy (non-hydrogen) atoms. The number of carbonyl (C=O) groups excluding carboxylic acids is 1. The van der Waals surface area contributed by atoms with E-state index in [0.29, 0.717) is 41.5 Å². The topological polar surface area (TPSA) is 171 Å². The lowest BCUT2D eigenvalue weighted by atomic mass is 10.1. The lowest BCUT2D eigenvalue weighted by Crippen LogP contribution is -2.21. The molecule has 1 fully saturated rings. The average Bonchev–Trinajstić information content (AvgIpc) is 3.22. The van der Waals surface area contributed by atoms with E-state index in [1.165, 1.54) is 6.20 Å². The Kier molecular flexibility index (Phi) is 6.45. The van der Waals surface area contributed by atoms with Crippen molar-refractivity contribution in [3.05, 3.63) is 36.3 Å². The number of rotatable bonds is 7. The van der Waals surface area contributed by atoms with Crippen molar-refractivity contribution in [3.63, 3.8) is 0 Å². The van der Waals surface area contributed by atoms with E-state index in [1.807, 2.05) is 11.6 Å². The number of aryl methyl sites for hydroxylation is 1. The number of amides is 1. The van der Waals surface area contributed by atoms with Crippen molar-refractivity contribution in [2.24, 2.45) is 23.5 Å². The van der Waals surface area contributed by atoms with Crippen LogP contribution in [0.5, 0.6) is 0 Å². The Labute approximate surface area is 190 Å². The maximum atomic E-state index is 12.3. The summed E-state index contributed by atoms with van der Waals surface area (Å²) in [4.78, 5) is 34.6. The predicted molar refractivity (Wildman–Crippen MR) is 126 cm³/mol. The highest BCUT2D eigenvalue weighted by Crippen LogP contribution is 2.31. The van der Waals surface area contributed by atoms with E-state index in [0.717, 1.165) is 18.4 Å². The van der Waals surface area contributed by atoms with E-state index in [2.05, 4.69) is 35.6 Å². The number of pyridine rings is 1. The summed E-state index contributed by atoms with van der Waals surface area (Å²) in [6, 6.07) is 0.152. The molecule has 0 bridgehead atoms. The van der Waals surface area contributed by atoms with E-state index < -0.39 is 5.91 Å². The van der Waals surface area contributed by atoms with Gasteiger partial charge in [0.2, 0.25) is 0 Å². The Bertz CT molecular complexity index is 1230. The number of hydrogen-bond donors (Lipinski definition) is 4. The number of imidazole rings is 1. The van der Waals surface area contributed by atoms with Crippen LogP contribution in [-0.4, -0.2) is 62.9 Å². The Hall–Kier alpha value is -4.06. The van der Waals surface area contributed by atoms with E-state index in [-0.39, 0.29) is 17.6 Å². The summed E-state index contributed by atoms with van der Waals surface area (Å²) in [5.41, 5.74) is 14.4. The van der Waals surface area contributed by atoms with Gasteiger partial charge in [-0.2, -0.15) is 0 Å². The second-order valence-corrected chi connectivity index (χ2v) is 7.51. The third kappa shape index (κ3) is 4.60. The molecule has 3 aromatic rings. The molecule has 12 heteroatoms. The van der Waals surface area contributed by atoms with Crippen LogP contribution in [0.1, 0.15) is 23.3 Å². The molecule has 4 heterocycles. The Morgan fingerprint density at radius 2 is 2.06 bits per heavy atom. The summed E-state index contributed by atoms with van der Waals surface area (Å²) in [5.74, 6) is -0.167. The number of ether oxygens (including phenoxy) is 1. The monoisotopic (exact) mass is 450 g/mol. The summed E-state index contributed by atoms with van der Waals surface area (Å²) in [5, 5.41) is 6.04. The molecule has 0 aliphatic carbocycles. The maximum absolute atomic E-state index is 12.3. The van der Waals surface area contributed by atoms with Crippen molar-refractivity contribution in [2.45, 2.75) is 18.9 Å². The van der Waals surface area contributed by atoms with Gasteiger partial charge >= 0.3 is 0 Å². The van der Waals surface area contributed by atoms with Crippen LogP contribution < -0.4 is 22.1 Å². The minimum atomic E-state index is -0.743. The first-order valence-corrected chi connectivity index (χ1v) is 10.5. The van der Waals surface area contributed by atoms with Gasteiger partial charge in [-0.05, 0) is 12.8 Å². The number of nitrogens with zero attached hydrogens (tertiary/aromatic N) is 6. The molecule has 1 aliphatic heterocycles. The summed E-state index contributed by atoms with van der Waals surface area (Å²) in [7, 11) is 3.58. The van der Waals surface area contributed by atoms with Crippen LogP contribution in [0.25, 0.3) is 22.3 Å². The smallest absolute Gasteiger partial charge is 0.271 e. The SMILES string of the molecule is CNc1nc(NC(C=NC2CCOCC2)=CN)c(C(N)=O)nc1-c1cncc2c1ncn2C. The zero-order chi connectivity index (χ0) is 23.4. The fourth-order valence-corrected chi connectivity index (χ4v) is 3.55. The van der Waals surface area contributed by atoms with Crippen molar-refractivity contribution in [2.75, 3.05) is 30.9 Å². The summed E-state index contributed by atoms with van der Waals surface area (Å²) in [6.45, 7) is 1.36. The number of anilines is 2. The molecule has 12 nitrogen and oxygen atoms in total. The van der Waals surface area contributed by atoms with Crippen LogP contribution in [0.3, 0.4) is 0 Å². The summed E-state index contributed by atoms with van der Waals surface area (Å²) in [6.07, 6.45) is 9.67. The number of carbonyl (C=O) groups is 1. The molecule has 172 valence electrons. The molecule has 1 amide bonds. The van der Waals surface area contributed by atoms with Crippen LogP contribution in [-0.2, 0) is 11.8 Å². The highest BCUT2D eigenvalue weighted by molar-refractivity contribution is 6.00. The van der Waals surface area contributed by atoms with Gasteiger partial charge in [0, 0.05) is 45.9 Å². The normalized spacial score (nSPS) is 15.3. The number of fused-ring (bicyclic) bond motifs is 1. The highest BCUT2D eigenvalue weighted by Gasteiger charge is 2.21. The molecule has 6 N–H and O–H groups in total. The Morgan fingerprint density at radius 1 is 1.27 bits per heavy atom. The van der Waals surface area contributed by atoms with E-state index in [1.54, 1.807) is 32.0 Å². The number of aromatic nitrogens is 5. The van der Waals surface area contributed by atoms with E-state index in [4.69, 9.17) is 16.2 Å². The molecule has 1 saturated heterocycles. The zero-order valence-electron chi connectivity index (χ0n) is 18.4. The third-order valence-corrected chi connectivity index (χ3v) is 5.32.